The minimum atomic E-state index is -1.12. The van der Waals surface area contributed by atoms with E-state index in [1.165, 1.54) is 7.11 Å². The summed E-state index contributed by atoms with van der Waals surface area (Å²) >= 11 is 0. The molecule has 1 aromatic carbocycles. The maximum Gasteiger partial charge on any atom is 0.334 e. The van der Waals surface area contributed by atoms with E-state index in [1.807, 2.05) is 32.0 Å². The van der Waals surface area contributed by atoms with Gasteiger partial charge in [0.15, 0.2) is 12.2 Å². The predicted octanol–water partition coefficient (Wildman–Crippen LogP) is 1.37. The number of methoxy groups -OCH3 is 1. The first kappa shape index (κ1) is 17.0. The molecule has 6 nitrogen and oxygen atoms in total. The summed E-state index contributed by atoms with van der Waals surface area (Å²) in [5.74, 6) is -0.869. The molecule has 0 aliphatic heterocycles. The monoisotopic (exact) mass is 295 g/mol. The van der Waals surface area contributed by atoms with Crippen molar-refractivity contribution in [1.82, 2.24) is 5.32 Å². The highest BCUT2D eigenvalue weighted by Gasteiger charge is 2.22. The van der Waals surface area contributed by atoms with Gasteiger partial charge in [-0.3, -0.25) is 4.79 Å². The lowest BCUT2D eigenvalue weighted by Gasteiger charge is -2.19. The third-order valence-electron chi connectivity index (χ3n) is 2.95. The third-order valence-corrected chi connectivity index (χ3v) is 2.95. The van der Waals surface area contributed by atoms with Gasteiger partial charge in [0, 0.05) is 7.11 Å². The highest BCUT2D eigenvalue weighted by atomic mass is 16.5. The second-order valence-corrected chi connectivity index (χ2v) is 4.64. The van der Waals surface area contributed by atoms with Gasteiger partial charge in [-0.25, -0.2) is 4.79 Å². The molecule has 0 fully saturated rings. The number of carboxylic acid groups (broad SMARTS) is 1. The number of aliphatic carboxylic acids is 1. The van der Waals surface area contributed by atoms with E-state index in [0.29, 0.717) is 12.2 Å². The Hall–Kier alpha value is -2.08. The fourth-order valence-electron chi connectivity index (χ4n) is 1.75. The predicted molar refractivity (Wildman–Crippen MR) is 77.3 cm³/mol. The summed E-state index contributed by atoms with van der Waals surface area (Å²) in [6, 6.07) is 7.40. The summed E-state index contributed by atoms with van der Waals surface area (Å²) in [7, 11) is 1.28. The Bertz CT molecular complexity index is 489. The molecule has 0 aromatic heterocycles. The van der Waals surface area contributed by atoms with Gasteiger partial charge in [-0.05, 0) is 31.0 Å². The molecule has 0 aliphatic carbocycles. The van der Waals surface area contributed by atoms with Crippen LogP contribution < -0.4 is 10.1 Å². The summed E-state index contributed by atoms with van der Waals surface area (Å²) in [4.78, 5) is 22.8. The minimum Gasteiger partial charge on any atom is -0.481 e. The number of hydrogen-bond acceptors (Lipinski definition) is 4. The molecule has 2 unspecified atom stereocenters. The normalized spacial score (nSPS) is 13.3. The highest BCUT2D eigenvalue weighted by Crippen LogP contribution is 2.15. The average molecular weight is 295 g/mol. The molecule has 1 amide bonds. The number of amides is 1. The summed E-state index contributed by atoms with van der Waals surface area (Å²) in [5, 5.41) is 11.4. The molecule has 1 aromatic rings. The van der Waals surface area contributed by atoms with Gasteiger partial charge in [-0.2, -0.15) is 0 Å². The number of rotatable bonds is 8. The largest absolute Gasteiger partial charge is 0.481 e. The van der Waals surface area contributed by atoms with Crippen LogP contribution in [0.3, 0.4) is 0 Å². The van der Waals surface area contributed by atoms with Crippen molar-refractivity contribution in [3.05, 3.63) is 29.8 Å². The Kier molecular flexibility index (Phi) is 6.68. The van der Waals surface area contributed by atoms with Crippen molar-refractivity contribution in [2.45, 2.75) is 32.5 Å². The molecule has 21 heavy (non-hydrogen) atoms. The van der Waals surface area contributed by atoms with Crippen LogP contribution in [0.5, 0.6) is 5.75 Å². The zero-order valence-corrected chi connectivity index (χ0v) is 12.5. The van der Waals surface area contributed by atoms with E-state index in [0.717, 1.165) is 5.56 Å². The quantitative estimate of drug-likeness (QED) is 0.756. The number of benzene rings is 1. The Balaban J connectivity index is 2.59. The van der Waals surface area contributed by atoms with Crippen LogP contribution in [0.15, 0.2) is 24.3 Å². The van der Waals surface area contributed by atoms with Crippen molar-refractivity contribution >= 4 is 11.9 Å². The molecule has 2 N–H and O–H groups in total. The van der Waals surface area contributed by atoms with E-state index >= 15 is 0 Å². The molecule has 116 valence electrons. The van der Waals surface area contributed by atoms with E-state index in [1.54, 1.807) is 6.07 Å². The van der Waals surface area contributed by atoms with Crippen LogP contribution >= 0.6 is 0 Å². The van der Waals surface area contributed by atoms with Crippen LogP contribution in [0.2, 0.25) is 0 Å². The highest BCUT2D eigenvalue weighted by molar-refractivity contribution is 5.82. The zero-order chi connectivity index (χ0) is 15.8. The maximum atomic E-state index is 12.0. The third kappa shape index (κ3) is 5.43. The second kappa shape index (κ2) is 8.26. The number of hydrogen-bond donors (Lipinski definition) is 2. The average Bonchev–Trinajstić information content (AvgIpc) is 2.44. The van der Waals surface area contributed by atoms with Crippen molar-refractivity contribution in [2.75, 3.05) is 13.7 Å². The van der Waals surface area contributed by atoms with E-state index in [9.17, 15) is 9.59 Å². The molecular formula is C15H21NO5. The number of ether oxygens (including phenoxy) is 2. The topological polar surface area (TPSA) is 84.9 Å². The van der Waals surface area contributed by atoms with Crippen LogP contribution in [0.4, 0.5) is 0 Å². The molecule has 1 rings (SSSR count). The van der Waals surface area contributed by atoms with Crippen LogP contribution in [-0.2, 0) is 14.3 Å². The van der Waals surface area contributed by atoms with Gasteiger partial charge in [0.1, 0.15) is 5.75 Å². The number of nitrogens with one attached hydrogen (secondary N) is 1. The lowest BCUT2D eigenvalue weighted by atomic mass is 10.2. The van der Waals surface area contributed by atoms with Crippen molar-refractivity contribution in [3.8, 4) is 5.75 Å². The lowest BCUT2D eigenvalue weighted by Crippen LogP contribution is -2.44. The van der Waals surface area contributed by atoms with Gasteiger partial charge in [0.25, 0.3) is 5.91 Å². The molecule has 0 heterocycles. The summed E-state index contributed by atoms with van der Waals surface area (Å²) < 4.78 is 10.4. The summed E-state index contributed by atoms with van der Waals surface area (Å²) in [6.45, 7) is 3.66. The van der Waals surface area contributed by atoms with E-state index in [4.69, 9.17) is 14.6 Å². The van der Waals surface area contributed by atoms with Gasteiger partial charge in [0.05, 0.1) is 6.54 Å². The van der Waals surface area contributed by atoms with E-state index in [2.05, 4.69) is 5.32 Å². The van der Waals surface area contributed by atoms with Crippen molar-refractivity contribution in [2.24, 2.45) is 0 Å². The molecule has 6 heteroatoms. The van der Waals surface area contributed by atoms with Crippen molar-refractivity contribution in [3.63, 3.8) is 0 Å². The van der Waals surface area contributed by atoms with Crippen LogP contribution in [0, 0.1) is 6.92 Å². The zero-order valence-electron chi connectivity index (χ0n) is 12.5. The molecule has 0 saturated carbocycles. The smallest absolute Gasteiger partial charge is 0.334 e. The Morgan fingerprint density at radius 1 is 1.33 bits per heavy atom. The Morgan fingerprint density at radius 3 is 2.57 bits per heavy atom. The minimum absolute atomic E-state index is 0.0989. The standard InChI is InChI=1S/C15H21NO5/c1-4-12(21-11-7-5-6-10(2)8-11)14(17)16-9-13(20-3)15(18)19/h5-8,12-13H,4,9H2,1-3H3,(H,16,17)(H,18,19). The Labute approximate surface area is 124 Å². The SMILES string of the molecule is CCC(Oc1cccc(C)c1)C(=O)NCC(OC)C(=O)O. The van der Waals surface area contributed by atoms with Gasteiger partial charge in [0.2, 0.25) is 0 Å². The van der Waals surface area contributed by atoms with Crippen LogP contribution in [0.25, 0.3) is 0 Å². The molecule has 0 radical (unpaired) electrons. The molecule has 0 bridgehead atoms. The summed E-state index contributed by atoms with van der Waals surface area (Å²) in [5.41, 5.74) is 1.04. The van der Waals surface area contributed by atoms with E-state index < -0.39 is 18.2 Å². The van der Waals surface area contributed by atoms with Crippen molar-refractivity contribution < 1.29 is 24.2 Å². The van der Waals surface area contributed by atoms with Gasteiger partial charge >= 0.3 is 5.97 Å². The van der Waals surface area contributed by atoms with Crippen LogP contribution in [-0.4, -0.2) is 42.8 Å². The Morgan fingerprint density at radius 2 is 2.05 bits per heavy atom. The first-order valence-electron chi connectivity index (χ1n) is 6.74. The maximum absolute atomic E-state index is 12.0. The molecule has 2 atom stereocenters. The van der Waals surface area contributed by atoms with Crippen LogP contribution in [0.1, 0.15) is 18.9 Å². The van der Waals surface area contributed by atoms with Gasteiger partial charge in [-0.15, -0.1) is 0 Å². The molecule has 0 aliphatic rings. The number of carbonyl (C=O) groups is 2. The van der Waals surface area contributed by atoms with Gasteiger partial charge < -0.3 is 19.9 Å². The molecule has 0 saturated heterocycles. The first-order valence-corrected chi connectivity index (χ1v) is 6.74. The number of aryl methyl sites for hydroxylation is 1. The second-order valence-electron chi connectivity index (χ2n) is 4.64. The number of carbonyl (C=O) groups excluding carboxylic acids is 1. The first-order chi connectivity index (χ1) is 9.97. The van der Waals surface area contributed by atoms with Crippen molar-refractivity contribution in [1.29, 1.82) is 0 Å². The lowest BCUT2D eigenvalue weighted by molar-refractivity contribution is -0.148. The summed E-state index contributed by atoms with van der Waals surface area (Å²) in [6.07, 6.45) is -1.26. The molecule has 0 spiro atoms. The van der Waals surface area contributed by atoms with Gasteiger partial charge in [-0.1, -0.05) is 19.1 Å². The molecular weight excluding hydrogens is 274 g/mol. The fraction of sp³-hybridized carbons (Fsp3) is 0.467. The van der Waals surface area contributed by atoms with E-state index in [-0.39, 0.29) is 12.5 Å². The number of carboxylic acids is 1. The fourth-order valence-corrected chi connectivity index (χ4v) is 1.75.